The molecule has 0 radical (unpaired) electrons. The Morgan fingerprint density at radius 3 is 2.40 bits per heavy atom. The van der Waals surface area contributed by atoms with Gasteiger partial charge in [-0.2, -0.15) is 0 Å². The molecule has 0 bridgehead atoms. The van der Waals surface area contributed by atoms with Crippen molar-refractivity contribution in [3.8, 4) is 0 Å². The third-order valence-corrected chi connectivity index (χ3v) is 3.97. The van der Waals surface area contributed by atoms with Crippen LogP contribution in [-0.2, 0) is 11.3 Å². The second-order valence-corrected chi connectivity index (χ2v) is 5.80. The SMILES string of the molecule is CNC(C)(C)C(=O)N1CCN(Cc2ccncc2)CC1. The summed E-state index contributed by atoms with van der Waals surface area (Å²) >= 11 is 0. The first kappa shape index (κ1) is 14.9. The van der Waals surface area contributed by atoms with E-state index in [2.05, 4.69) is 15.2 Å². The van der Waals surface area contributed by atoms with E-state index in [1.165, 1.54) is 5.56 Å². The average Bonchev–Trinajstić information content (AvgIpc) is 2.48. The summed E-state index contributed by atoms with van der Waals surface area (Å²) in [6.07, 6.45) is 3.65. The Hall–Kier alpha value is -1.46. The molecule has 1 fully saturated rings. The lowest BCUT2D eigenvalue weighted by Gasteiger charge is -2.38. The summed E-state index contributed by atoms with van der Waals surface area (Å²) in [7, 11) is 1.83. The monoisotopic (exact) mass is 276 g/mol. The Bertz CT molecular complexity index is 438. The maximum atomic E-state index is 12.4. The highest BCUT2D eigenvalue weighted by atomic mass is 16.2. The molecule has 1 aromatic heterocycles. The van der Waals surface area contributed by atoms with Crippen LogP contribution in [0.1, 0.15) is 19.4 Å². The van der Waals surface area contributed by atoms with E-state index in [1.807, 2.05) is 50.3 Å². The first-order chi connectivity index (χ1) is 9.53. The van der Waals surface area contributed by atoms with Crippen LogP contribution in [0, 0.1) is 0 Å². The van der Waals surface area contributed by atoms with E-state index in [4.69, 9.17) is 0 Å². The molecule has 0 unspecified atom stereocenters. The number of carbonyl (C=O) groups excluding carboxylic acids is 1. The lowest BCUT2D eigenvalue weighted by molar-refractivity contribution is -0.138. The van der Waals surface area contributed by atoms with Gasteiger partial charge in [0, 0.05) is 45.1 Å². The van der Waals surface area contributed by atoms with E-state index >= 15 is 0 Å². The molecule has 0 spiro atoms. The summed E-state index contributed by atoms with van der Waals surface area (Å²) in [5, 5.41) is 3.08. The first-order valence-corrected chi connectivity index (χ1v) is 7.12. The van der Waals surface area contributed by atoms with Crippen molar-refractivity contribution < 1.29 is 4.79 Å². The number of hydrogen-bond acceptors (Lipinski definition) is 4. The van der Waals surface area contributed by atoms with Gasteiger partial charge in [0.25, 0.3) is 0 Å². The number of piperazine rings is 1. The fraction of sp³-hybridized carbons (Fsp3) is 0.600. The van der Waals surface area contributed by atoms with Crippen molar-refractivity contribution >= 4 is 5.91 Å². The molecule has 1 aromatic rings. The van der Waals surface area contributed by atoms with Crippen molar-refractivity contribution in [2.24, 2.45) is 0 Å². The van der Waals surface area contributed by atoms with Crippen LogP contribution in [0.15, 0.2) is 24.5 Å². The van der Waals surface area contributed by atoms with Gasteiger partial charge in [0.15, 0.2) is 0 Å². The van der Waals surface area contributed by atoms with Crippen LogP contribution < -0.4 is 5.32 Å². The molecule has 1 saturated heterocycles. The predicted molar refractivity (Wildman–Crippen MR) is 79.2 cm³/mol. The van der Waals surface area contributed by atoms with Gasteiger partial charge in [-0.3, -0.25) is 14.7 Å². The summed E-state index contributed by atoms with van der Waals surface area (Å²) < 4.78 is 0. The molecule has 1 aliphatic heterocycles. The summed E-state index contributed by atoms with van der Waals surface area (Å²) in [4.78, 5) is 20.7. The number of aromatic nitrogens is 1. The Morgan fingerprint density at radius 1 is 1.25 bits per heavy atom. The van der Waals surface area contributed by atoms with E-state index in [9.17, 15) is 4.79 Å². The van der Waals surface area contributed by atoms with Gasteiger partial charge in [0.2, 0.25) is 5.91 Å². The minimum Gasteiger partial charge on any atom is -0.339 e. The van der Waals surface area contributed by atoms with Gasteiger partial charge >= 0.3 is 0 Å². The number of carbonyl (C=O) groups is 1. The lowest BCUT2D eigenvalue weighted by atomic mass is 10.0. The lowest BCUT2D eigenvalue weighted by Crippen LogP contribution is -2.57. The largest absolute Gasteiger partial charge is 0.339 e. The normalized spacial score (nSPS) is 17.2. The number of nitrogens with one attached hydrogen (secondary N) is 1. The van der Waals surface area contributed by atoms with E-state index in [0.717, 1.165) is 32.7 Å². The third-order valence-electron chi connectivity index (χ3n) is 3.97. The van der Waals surface area contributed by atoms with Gasteiger partial charge in [0.05, 0.1) is 5.54 Å². The number of likely N-dealkylation sites (N-methyl/N-ethyl adjacent to an activating group) is 1. The zero-order valence-corrected chi connectivity index (χ0v) is 12.6. The highest BCUT2D eigenvalue weighted by molar-refractivity contribution is 5.85. The molecular weight excluding hydrogens is 252 g/mol. The van der Waals surface area contributed by atoms with Crippen LogP contribution in [0.3, 0.4) is 0 Å². The van der Waals surface area contributed by atoms with Crippen molar-refractivity contribution in [3.63, 3.8) is 0 Å². The summed E-state index contributed by atoms with van der Waals surface area (Å²) in [5.74, 6) is 0.184. The van der Waals surface area contributed by atoms with E-state index < -0.39 is 5.54 Å². The molecule has 1 N–H and O–H groups in total. The van der Waals surface area contributed by atoms with E-state index in [1.54, 1.807) is 0 Å². The first-order valence-electron chi connectivity index (χ1n) is 7.12. The predicted octanol–water partition coefficient (Wildman–Crippen LogP) is 0.724. The molecule has 1 amide bonds. The smallest absolute Gasteiger partial charge is 0.242 e. The van der Waals surface area contributed by atoms with Crippen molar-refractivity contribution in [2.45, 2.75) is 25.9 Å². The second-order valence-electron chi connectivity index (χ2n) is 5.80. The summed E-state index contributed by atoms with van der Waals surface area (Å²) in [6.45, 7) is 8.24. The van der Waals surface area contributed by atoms with Gasteiger partial charge in [-0.05, 0) is 38.6 Å². The van der Waals surface area contributed by atoms with E-state index in [0.29, 0.717) is 0 Å². The minimum atomic E-state index is -0.479. The van der Waals surface area contributed by atoms with E-state index in [-0.39, 0.29) is 5.91 Å². The molecule has 20 heavy (non-hydrogen) atoms. The molecule has 5 heteroatoms. The number of rotatable bonds is 4. The van der Waals surface area contributed by atoms with Gasteiger partial charge < -0.3 is 10.2 Å². The zero-order chi connectivity index (χ0) is 14.6. The van der Waals surface area contributed by atoms with Crippen LogP contribution in [0.25, 0.3) is 0 Å². The van der Waals surface area contributed by atoms with Crippen molar-refractivity contribution in [1.29, 1.82) is 0 Å². The highest BCUT2D eigenvalue weighted by Crippen LogP contribution is 2.12. The quantitative estimate of drug-likeness (QED) is 0.880. The van der Waals surface area contributed by atoms with Crippen LogP contribution in [0.4, 0.5) is 0 Å². The Kier molecular flexibility index (Phi) is 4.73. The number of pyridine rings is 1. The Balaban J connectivity index is 1.85. The Labute approximate surface area is 121 Å². The third kappa shape index (κ3) is 3.55. The van der Waals surface area contributed by atoms with Crippen LogP contribution in [0.5, 0.6) is 0 Å². The maximum Gasteiger partial charge on any atom is 0.242 e. The maximum absolute atomic E-state index is 12.4. The standard InChI is InChI=1S/C15H24N4O/c1-15(2,16-3)14(20)19-10-8-18(9-11-19)12-13-4-6-17-7-5-13/h4-7,16H,8-12H2,1-3H3. The molecular formula is C15H24N4O. The van der Waals surface area contributed by atoms with Crippen LogP contribution in [-0.4, -0.2) is 59.5 Å². The molecule has 2 heterocycles. The van der Waals surface area contributed by atoms with Gasteiger partial charge in [-0.1, -0.05) is 0 Å². The number of hydrogen-bond donors (Lipinski definition) is 1. The van der Waals surface area contributed by atoms with Gasteiger partial charge in [-0.15, -0.1) is 0 Å². The molecule has 2 rings (SSSR count). The molecule has 0 aromatic carbocycles. The molecule has 0 aliphatic carbocycles. The minimum absolute atomic E-state index is 0.184. The topological polar surface area (TPSA) is 48.5 Å². The number of nitrogens with zero attached hydrogens (tertiary/aromatic N) is 3. The second kappa shape index (κ2) is 6.33. The average molecular weight is 276 g/mol. The summed E-state index contributed by atoms with van der Waals surface area (Å²) in [5.41, 5.74) is 0.795. The van der Waals surface area contributed by atoms with Crippen LogP contribution >= 0.6 is 0 Å². The fourth-order valence-corrected chi connectivity index (χ4v) is 2.36. The van der Waals surface area contributed by atoms with Gasteiger partial charge in [-0.25, -0.2) is 0 Å². The molecule has 5 nitrogen and oxygen atoms in total. The van der Waals surface area contributed by atoms with Crippen molar-refractivity contribution in [1.82, 2.24) is 20.1 Å². The molecule has 110 valence electrons. The Morgan fingerprint density at radius 2 is 1.85 bits per heavy atom. The van der Waals surface area contributed by atoms with Crippen LogP contribution in [0.2, 0.25) is 0 Å². The molecule has 0 atom stereocenters. The summed E-state index contributed by atoms with van der Waals surface area (Å²) in [6, 6.07) is 4.09. The zero-order valence-electron chi connectivity index (χ0n) is 12.6. The van der Waals surface area contributed by atoms with Crippen molar-refractivity contribution in [2.75, 3.05) is 33.2 Å². The highest BCUT2D eigenvalue weighted by Gasteiger charge is 2.32. The van der Waals surface area contributed by atoms with Gasteiger partial charge in [0.1, 0.15) is 0 Å². The number of amides is 1. The van der Waals surface area contributed by atoms with Crippen molar-refractivity contribution in [3.05, 3.63) is 30.1 Å². The molecule has 0 saturated carbocycles. The fourth-order valence-electron chi connectivity index (χ4n) is 2.36. The molecule has 1 aliphatic rings.